The molecule has 0 heterocycles. The number of hydrogen-bond acceptors (Lipinski definition) is 3. The smallest absolute Gasteiger partial charge is 0.251 e. The summed E-state index contributed by atoms with van der Waals surface area (Å²) in [4.78, 5) is 13.7. The van der Waals surface area contributed by atoms with Crippen molar-refractivity contribution in [2.75, 3.05) is 26.8 Å². The van der Waals surface area contributed by atoms with Gasteiger partial charge in [0.25, 0.3) is 5.91 Å². The standard InChI is InChI=1S/C16H24ClNO3/c1-4-5-10-20-13(2)16(19)18(3)9-11-21-15-8-6-7-14(17)12-15/h6-8,12-13H,4-5,9-11H2,1-3H3. The number of hydrogen-bond donors (Lipinski definition) is 0. The quantitative estimate of drug-likeness (QED) is 0.656. The monoisotopic (exact) mass is 313 g/mol. The molecule has 0 aliphatic heterocycles. The number of unbranched alkanes of at least 4 members (excludes halogenated alkanes) is 1. The second-order valence-electron chi connectivity index (χ2n) is 4.93. The maximum atomic E-state index is 12.1. The number of rotatable bonds is 9. The molecule has 21 heavy (non-hydrogen) atoms. The van der Waals surface area contributed by atoms with E-state index in [1.54, 1.807) is 31.0 Å². The zero-order valence-corrected chi connectivity index (χ0v) is 13.7. The highest BCUT2D eigenvalue weighted by Crippen LogP contribution is 2.16. The fraction of sp³-hybridized carbons (Fsp3) is 0.562. The van der Waals surface area contributed by atoms with Gasteiger partial charge >= 0.3 is 0 Å². The first-order chi connectivity index (χ1) is 10.0. The summed E-state index contributed by atoms with van der Waals surface area (Å²) in [6.07, 6.45) is 1.62. The highest BCUT2D eigenvalue weighted by molar-refractivity contribution is 6.30. The van der Waals surface area contributed by atoms with Crippen molar-refractivity contribution in [3.63, 3.8) is 0 Å². The van der Waals surface area contributed by atoms with Crippen LogP contribution in [0.2, 0.25) is 5.02 Å². The molecule has 1 atom stereocenters. The van der Waals surface area contributed by atoms with E-state index in [4.69, 9.17) is 21.1 Å². The van der Waals surface area contributed by atoms with Crippen LogP contribution in [-0.4, -0.2) is 43.7 Å². The minimum atomic E-state index is -0.410. The molecule has 0 bridgehead atoms. The lowest BCUT2D eigenvalue weighted by atomic mass is 10.3. The molecular formula is C16H24ClNO3. The molecule has 0 saturated heterocycles. The van der Waals surface area contributed by atoms with Crippen molar-refractivity contribution in [3.8, 4) is 5.75 Å². The highest BCUT2D eigenvalue weighted by Gasteiger charge is 2.17. The molecule has 0 N–H and O–H groups in total. The van der Waals surface area contributed by atoms with Crippen LogP contribution < -0.4 is 4.74 Å². The van der Waals surface area contributed by atoms with Gasteiger partial charge in [-0.2, -0.15) is 0 Å². The van der Waals surface area contributed by atoms with E-state index in [2.05, 4.69) is 6.92 Å². The van der Waals surface area contributed by atoms with Gasteiger partial charge in [0.2, 0.25) is 0 Å². The lowest BCUT2D eigenvalue weighted by molar-refractivity contribution is -0.141. The maximum absolute atomic E-state index is 12.1. The SMILES string of the molecule is CCCCOC(C)C(=O)N(C)CCOc1cccc(Cl)c1. The number of nitrogens with zero attached hydrogens (tertiary/aromatic N) is 1. The number of benzene rings is 1. The van der Waals surface area contributed by atoms with E-state index in [1.807, 2.05) is 12.1 Å². The summed E-state index contributed by atoms with van der Waals surface area (Å²) in [5.41, 5.74) is 0. The van der Waals surface area contributed by atoms with Crippen molar-refractivity contribution in [1.29, 1.82) is 0 Å². The molecule has 5 heteroatoms. The maximum Gasteiger partial charge on any atom is 0.251 e. The lowest BCUT2D eigenvalue weighted by Crippen LogP contribution is -2.38. The predicted molar refractivity (Wildman–Crippen MR) is 84.9 cm³/mol. The first-order valence-corrected chi connectivity index (χ1v) is 7.67. The normalized spacial score (nSPS) is 12.0. The summed E-state index contributed by atoms with van der Waals surface area (Å²) in [5, 5.41) is 0.634. The number of halogens is 1. The topological polar surface area (TPSA) is 38.8 Å². The lowest BCUT2D eigenvalue weighted by Gasteiger charge is -2.21. The molecule has 0 aliphatic carbocycles. The van der Waals surface area contributed by atoms with Crippen molar-refractivity contribution < 1.29 is 14.3 Å². The van der Waals surface area contributed by atoms with Crippen molar-refractivity contribution in [2.45, 2.75) is 32.8 Å². The summed E-state index contributed by atoms with van der Waals surface area (Å²) in [6.45, 7) is 5.43. The molecule has 4 nitrogen and oxygen atoms in total. The molecule has 118 valence electrons. The van der Waals surface area contributed by atoms with Gasteiger partial charge in [-0.1, -0.05) is 31.0 Å². The van der Waals surface area contributed by atoms with Gasteiger partial charge in [-0.3, -0.25) is 4.79 Å². The third-order valence-corrected chi connectivity index (χ3v) is 3.32. The Bertz CT molecular complexity index is 439. The Balaban J connectivity index is 2.29. The molecule has 0 spiro atoms. The summed E-state index contributed by atoms with van der Waals surface area (Å²) < 4.78 is 11.1. The van der Waals surface area contributed by atoms with E-state index >= 15 is 0 Å². The predicted octanol–water partition coefficient (Wildman–Crippen LogP) is 3.38. The zero-order chi connectivity index (χ0) is 15.7. The number of ether oxygens (including phenoxy) is 2. The van der Waals surface area contributed by atoms with Crippen LogP contribution >= 0.6 is 11.6 Å². The Hall–Kier alpha value is -1.26. The van der Waals surface area contributed by atoms with Gasteiger partial charge in [-0.25, -0.2) is 0 Å². The molecule has 1 rings (SSSR count). The first-order valence-electron chi connectivity index (χ1n) is 7.29. The Morgan fingerprint density at radius 2 is 2.14 bits per heavy atom. The zero-order valence-electron chi connectivity index (χ0n) is 13.0. The number of likely N-dealkylation sites (N-methyl/N-ethyl adjacent to an activating group) is 1. The van der Waals surface area contributed by atoms with E-state index in [9.17, 15) is 4.79 Å². The van der Waals surface area contributed by atoms with Crippen LogP contribution in [0.4, 0.5) is 0 Å². The van der Waals surface area contributed by atoms with Gasteiger partial charge in [0.05, 0.1) is 6.54 Å². The van der Waals surface area contributed by atoms with Crippen LogP contribution in [0.5, 0.6) is 5.75 Å². The fourth-order valence-electron chi connectivity index (χ4n) is 1.75. The van der Waals surface area contributed by atoms with Crippen LogP contribution in [0.1, 0.15) is 26.7 Å². The summed E-state index contributed by atoms with van der Waals surface area (Å²) in [6, 6.07) is 7.21. The van der Waals surface area contributed by atoms with Crippen molar-refractivity contribution in [1.82, 2.24) is 4.90 Å². The molecule has 0 aromatic heterocycles. The van der Waals surface area contributed by atoms with Crippen LogP contribution in [0.25, 0.3) is 0 Å². The largest absolute Gasteiger partial charge is 0.492 e. The minimum absolute atomic E-state index is 0.0270. The van der Waals surface area contributed by atoms with Gasteiger partial charge in [0.15, 0.2) is 0 Å². The summed E-state index contributed by atoms with van der Waals surface area (Å²) in [7, 11) is 1.75. The van der Waals surface area contributed by atoms with Crippen molar-refractivity contribution >= 4 is 17.5 Å². The number of amides is 1. The van der Waals surface area contributed by atoms with Crippen molar-refractivity contribution in [3.05, 3.63) is 29.3 Å². The number of carbonyl (C=O) groups is 1. The molecule has 1 aromatic rings. The molecule has 0 fully saturated rings. The van der Waals surface area contributed by atoms with Gasteiger partial charge in [0.1, 0.15) is 18.5 Å². The molecule has 0 aliphatic rings. The molecular weight excluding hydrogens is 290 g/mol. The Kier molecular flexibility index (Phi) is 8.16. The van der Waals surface area contributed by atoms with E-state index in [-0.39, 0.29) is 5.91 Å². The molecule has 1 amide bonds. The fourth-order valence-corrected chi connectivity index (χ4v) is 1.93. The summed E-state index contributed by atoms with van der Waals surface area (Å²) in [5.74, 6) is 0.677. The third kappa shape index (κ3) is 6.82. The first kappa shape index (κ1) is 17.8. The van der Waals surface area contributed by atoms with Gasteiger partial charge < -0.3 is 14.4 Å². The average molecular weight is 314 g/mol. The Labute approximate surface area is 132 Å². The van der Waals surface area contributed by atoms with Crippen LogP contribution in [-0.2, 0) is 9.53 Å². The Morgan fingerprint density at radius 3 is 2.81 bits per heavy atom. The molecule has 1 aromatic carbocycles. The molecule has 1 unspecified atom stereocenters. The highest BCUT2D eigenvalue weighted by atomic mass is 35.5. The van der Waals surface area contributed by atoms with Crippen LogP contribution in [0.3, 0.4) is 0 Å². The third-order valence-electron chi connectivity index (χ3n) is 3.08. The minimum Gasteiger partial charge on any atom is -0.492 e. The van der Waals surface area contributed by atoms with E-state index in [0.29, 0.717) is 30.5 Å². The molecule has 0 saturated carbocycles. The average Bonchev–Trinajstić information content (AvgIpc) is 2.46. The van der Waals surface area contributed by atoms with Gasteiger partial charge in [-0.05, 0) is 31.5 Å². The van der Waals surface area contributed by atoms with Crippen LogP contribution in [0, 0.1) is 0 Å². The van der Waals surface area contributed by atoms with Gasteiger partial charge in [0, 0.05) is 18.7 Å². The second-order valence-corrected chi connectivity index (χ2v) is 5.37. The summed E-state index contributed by atoms with van der Waals surface area (Å²) >= 11 is 5.88. The van der Waals surface area contributed by atoms with Crippen LogP contribution in [0.15, 0.2) is 24.3 Å². The Morgan fingerprint density at radius 1 is 1.38 bits per heavy atom. The van der Waals surface area contributed by atoms with Crippen molar-refractivity contribution in [2.24, 2.45) is 0 Å². The molecule has 0 radical (unpaired) electrons. The second kappa shape index (κ2) is 9.64. The van der Waals surface area contributed by atoms with E-state index in [1.165, 1.54) is 0 Å². The van der Waals surface area contributed by atoms with E-state index in [0.717, 1.165) is 12.8 Å². The van der Waals surface area contributed by atoms with Gasteiger partial charge in [-0.15, -0.1) is 0 Å². The van der Waals surface area contributed by atoms with E-state index < -0.39 is 6.10 Å². The number of carbonyl (C=O) groups excluding carboxylic acids is 1.